The molecule has 2 aliphatic heterocycles. The van der Waals surface area contributed by atoms with Crippen LogP contribution in [0.3, 0.4) is 0 Å². The van der Waals surface area contributed by atoms with Crippen molar-refractivity contribution in [2.24, 2.45) is 4.99 Å². The molecule has 9 nitrogen and oxygen atoms in total. The van der Waals surface area contributed by atoms with E-state index >= 15 is 0 Å². The van der Waals surface area contributed by atoms with Gasteiger partial charge in [0.15, 0.2) is 5.25 Å². The maximum Gasteiger partial charge on any atom is 0.347 e. The number of carbonyl (C=O) groups excluding carboxylic acids is 2. The molecule has 1 saturated heterocycles. The van der Waals surface area contributed by atoms with Crippen LogP contribution in [0.4, 0.5) is 10.5 Å². The number of methoxy groups -OCH3 is 1. The van der Waals surface area contributed by atoms with Crippen molar-refractivity contribution in [3.05, 3.63) is 24.3 Å². The fraction of sp³-hybridized carbons (Fsp3) is 0.438. The first-order valence-corrected chi connectivity index (χ1v) is 9.61. The van der Waals surface area contributed by atoms with Gasteiger partial charge in [-0.2, -0.15) is 4.31 Å². The number of aliphatic imine (C=N–C) groups is 1. The number of ether oxygens (including phenoxy) is 1. The molecule has 10 heteroatoms. The molecule has 3 rings (SSSR count). The van der Waals surface area contributed by atoms with Gasteiger partial charge in [-0.3, -0.25) is 10.1 Å². The minimum atomic E-state index is -3.93. The molecule has 1 aromatic rings. The van der Waals surface area contributed by atoms with Gasteiger partial charge in [-0.1, -0.05) is 0 Å². The molecule has 1 fully saturated rings. The van der Waals surface area contributed by atoms with Gasteiger partial charge < -0.3 is 9.64 Å². The van der Waals surface area contributed by atoms with E-state index in [1.54, 1.807) is 7.11 Å². The zero-order valence-corrected chi connectivity index (χ0v) is 15.3. The van der Waals surface area contributed by atoms with Gasteiger partial charge in [0.2, 0.25) is 10.0 Å². The number of urea groups is 1. The molecule has 1 N–H and O–H groups in total. The summed E-state index contributed by atoms with van der Waals surface area (Å²) in [4.78, 5) is 28.9. The van der Waals surface area contributed by atoms with E-state index in [0.29, 0.717) is 13.1 Å². The molecule has 0 aromatic heterocycles. The Morgan fingerprint density at radius 2 is 1.73 bits per heavy atom. The molecule has 0 bridgehead atoms. The third-order valence-corrected chi connectivity index (χ3v) is 6.70. The quantitative estimate of drug-likeness (QED) is 0.801. The standard InChI is InChI=1S/C16H20N4O5S/c1-11-14(15(21)18-16(22)17-11)26(23,24)20-9-7-19(8-10-20)12-3-5-13(25-2)6-4-12/h3-6,14H,7-10H2,1-2H3,(H,18,21,22). The molecule has 26 heavy (non-hydrogen) atoms. The minimum Gasteiger partial charge on any atom is -0.497 e. The predicted octanol–water partition coefficient (Wildman–Crippen LogP) is 0.226. The van der Waals surface area contributed by atoms with E-state index in [1.165, 1.54) is 11.2 Å². The first-order valence-electron chi connectivity index (χ1n) is 8.11. The van der Waals surface area contributed by atoms with Gasteiger partial charge in [0, 0.05) is 37.6 Å². The number of nitrogens with one attached hydrogen (secondary N) is 1. The number of imide groups is 1. The number of amides is 3. The lowest BCUT2D eigenvalue weighted by molar-refractivity contribution is -0.118. The number of benzene rings is 1. The second kappa shape index (κ2) is 7.04. The zero-order chi connectivity index (χ0) is 18.9. The molecule has 0 spiro atoms. The van der Waals surface area contributed by atoms with Crippen molar-refractivity contribution >= 4 is 33.4 Å². The zero-order valence-electron chi connectivity index (χ0n) is 14.5. The number of nitrogens with zero attached hydrogens (tertiary/aromatic N) is 3. The molecule has 1 atom stereocenters. The van der Waals surface area contributed by atoms with Crippen LogP contribution < -0.4 is 15.0 Å². The van der Waals surface area contributed by atoms with Crippen LogP contribution in [-0.2, 0) is 14.8 Å². The van der Waals surface area contributed by atoms with E-state index in [2.05, 4.69) is 9.89 Å². The highest BCUT2D eigenvalue weighted by Crippen LogP contribution is 2.22. The smallest absolute Gasteiger partial charge is 0.347 e. The van der Waals surface area contributed by atoms with Crippen molar-refractivity contribution in [3.63, 3.8) is 0 Å². The maximum atomic E-state index is 12.8. The lowest BCUT2D eigenvalue weighted by Gasteiger charge is -2.37. The van der Waals surface area contributed by atoms with Crippen molar-refractivity contribution < 1.29 is 22.7 Å². The third kappa shape index (κ3) is 3.42. The minimum absolute atomic E-state index is 0.00339. The molecule has 3 amide bonds. The SMILES string of the molecule is COc1ccc(N2CCN(S(=O)(=O)C3C(=O)NC(=O)N=C3C)CC2)cc1. The Hall–Kier alpha value is -2.46. The van der Waals surface area contributed by atoms with Gasteiger partial charge >= 0.3 is 6.03 Å². The highest BCUT2D eigenvalue weighted by Gasteiger charge is 2.43. The number of hydrogen-bond acceptors (Lipinski definition) is 6. The second-order valence-corrected chi connectivity index (χ2v) is 8.07. The molecule has 1 aromatic carbocycles. The van der Waals surface area contributed by atoms with Crippen LogP contribution in [0.25, 0.3) is 0 Å². The Kier molecular flexibility index (Phi) is 4.97. The van der Waals surface area contributed by atoms with Crippen LogP contribution in [0, 0.1) is 0 Å². The average Bonchev–Trinajstić information content (AvgIpc) is 2.61. The number of piperazine rings is 1. The van der Waals surface area contributed by atoms with Gasteiger partial charge in [0.1, 0.15) is 5.75 Å². The predicted molar refractivity (Wildman–Crippen MR) is 96.1 cm³/mol. The van der Waals surface area contributed by atoms with E-state index in [-0.39, 0.29) is 18.8 Å². The van der Waals surface area contributed by atoms with Crippen molar-refractivity contribution in [2.45, 2.75) is 12.2 Å². The van der Waals surface area contributed by atoms with E-state index in [9.17, 15) is 18.0 Å². The van der Waals surface area contributed by atoms with Crippen LogP contribution in [0.15, 0.2) is 29.3 Å². The summed E-state index contributed by atoms with van der Waals surface area (Å²) >= 11 is 0. The Labute approximate surface area is 151 Å². The number of sulfonamides is 1. The topological polar surface area (TPSA) is 108 Å². The summed E-state index contributed by atoms with van der Waals surface area (Å²) in [7, 11) is -2.34. The third-order valence-electron chi connectivity index (χ3n) is 4.46. The van der Waals surface area contributed by atoms with Crippen LogP contribution in [-0.4, -0.2) is 68.9 Å². The molecule has 140 valence electrons. The van der Waals surface area contributed by atoms with Crippen LogP contribution in [0.1, 0.15) is 6.92 Å². The first-order chi connectivity index (χ1) is 12.3. The summed E-state index contributed by atoms with van der Waals surface area (Å²) < 4.78 is 32.1. The summed E-state index contributed by atoms with van der Waals surface area (Å²) in [6.07, 6.45) is 0. The monoisotopic (exact) mass is 380 g/mol. The molecule has 1 unspecified atom stereocenters. The number of hydrogen-bond donors (Lipinski definition) is 1. The van der Waals surface area contributed by atoms with Crippen LogP contribution in [0.5, 0.6) is 5.75 Å². The van der Waals surface area contributed by atoms with Crippen LogP contribution in [0.2, 0.25) is 0 Å². The fourth-order valence-corrected chi connectivity index (χ4v) is 4.88. The number of rotatable bonds is 4. The summed E-state index contributed by atoms with van der Waals surface area (Å²) in [5, 5.41) is 0.506. The molecule has 0 saturated carbocycles. The van der Waals surface area contributed by atoms with Crippen molar-refractivity contribution in [3.8, 4) is 5.75 Å². The molecule has 0 aliphatic carbocycles. The van der Waals surface area contributed by atoms with Crippen molar-refractivity contribution in [1.29, 1.82) is 0 Å². The highest BCUT2D eigenvalue weighted by atomic mass is 32.2. The summed E-state index contributed by atoms with van der Waals surface area (Å²) in [6.45, 7) is 2.87. The highest BCUT2D eigenvalue weighted by molar-refractivity contribution is 7.91. The fourth-order valence-electron chi connectivity index (χ4n) is 3.10. The van der Waals surface area contributed by atoms with E-state index in [1.807, 2.05) is 29.6 Å². The summed E-state index contributed by atoms with van der Waals surface area (Å²) in [6, 6.07) is 6.70. The average molecular weight is 380 g/mol. The summed E-state index contributed by atoms with van der Waals surface area (Å²) in [5.74, 6) is -0.0948. The summed E-state index contributed by atoms with van der Waals surface area (Å²) in [5.41, 5.74) is 0.970. The Bertz CT molecular complexity index is 842. The molecule has 0 radical (unpaired) electrons. The largest absolute Gasteiger partial charge is 0.497 e. The normalized spacial score (nSPS) is 22.0. The lowest BCUT2D eigenvalue weighted by Crippen LogP contribution is -2.57. The van der Waals surface area contributed by atoms with E-state index in [0.717, 1.165) is 11.4 Å². The molecular formula is C16H20N4O5S. The Morgan fingerprint density at radius 1 is 1.12 bits per heavy atom. The van der Waals surface area contributed by atoms with Crippen LogP contribution >= 0.6 is 0 Å². The van der Waals surface area contributed by atoms with Gasteiger partial charge in [-0.05, 0) is 31.2 Å². The lowest BCUT2D eigenvalue weighted by atomic mass is 10.2. The molecular weight excluding hydrogens is 360 g/mol. The van der Waals surface area contributed by atoms with Gasteiger partial charge in [-0.15, -0.1) is 0 Å². The molecule has 2 aliphatic rings. The van der Waals surface area contributed by atoms with Crippen molar-refractivity contribution in [2.75, 3.05) is 38.2 Å². The van der Waals surface area contributed by atoms with E-state index < -0.39 is 27.2 Å². The van der Waals surface area contributed by atoms with Crippen molar-refractivity contribution in [1.82, 2.24) is 9.62 Å². The first kappa shape index (κ1) is 18.3. The maximum absolute atomic E-state index is 12.8. The van der Waals surface area contributed by atoms with Gasteiger partial charge in [0.05, 0.1) is 7.11 Å². The van der Waals surface area contributed by atoms with E-state index in [4.69, 9.17) is 4.74 Å². The molecule has 2 heterocycles. The Morgan fingerprint density at radius 3 is 2.27 bits per heavy atom. The van der Waals surface area contributed by atoms with Gasteiger partial charge in [-0.25, -0.2) is 18.2 Å². The Balaban J connectivity index is 1.71. The number of anilines is 1. The van der Waals surface area contributed by atoms with Gasteiger partial charge in [0.25, 0.3) is 5.91 Å². The number of carbonyl (C=O) groups is 2. The second-order valence-electron chi connectivity index (χ2n) is 6.06.